The van der Waals surface area contributed by atoms with Crippen LogP contribution >= 0.6 is 22.9 Å². The molecule has 0 amide bonds. The molecule has 0 aliphatic carbocycles. The molecule has 0 bridgehead atoms. The molecule has 19 heavy (non-hydrogen) atoms. The van der Waals surface area contributed by atoms with E-state index in [-0.39, 0.29) is 16.6 Å². The van der Waals surface area contributed by atoms with E-state index in [0.29, 0.717) is 12.2 Å². The Kier molecular flexibility index (Phi) is 4.57. The summed E-state index contributed by atoms with van der Waals surface area (Å²) in [6.07, 6.45) is 1.52. The number of nitrogens with zero attached hydrogens (tertiary/aromatic N) is 2. The van der Waals surface area contributed by atoms with Crippen molar-refractivity contribution in [2.45, 2.75) is 6.04 Å². The fraction of sp³-hybridized carbons (Fsp3) is 0.333. The van der Waals surface area contributed by atoms with Crippen LogP contribution in [0.15, 0.2) is 28.5 Å². The molecular weight excluding hydrogens is 284 g/mol. The van der Waals surface area contributed by atoms with E-state index >= 15 is 0 Å². The average Bonchev–Trinajstić information content (AvgIpc) is 2.88. The van der Waals surface area contributed by atoms with Gasteiger partial charge in [-0.3, -0.25) is 4.79 Å². The highest BCUT2D eigenvalue weighted by atomic mass is 35.5. The summed E-state index contributed by atoms with van der Waals surface area (Å²) in [4.78, 5) is 14.7. The van der Waals surface area contributed by atoms with Crippen molar-refractivity contribution in [2.75, 3.05) is 26.0 Å². The third kappa shape index (κ3) is 3.34. The van der Waals surface area contributed by atoms with Crippen molar-refractivity contribution in [3.63, 3.8) is 0 Å². The second-order valence-electron chi connectivity index (χ2n) is 4.30. The fourth-order valence-electron chi connectivity index (χ4n) is 1.73. The lowest BCUT2D eigenvalue weighted by molar-refractivity contribution is 0.316. The quantitative estimate of drug-likeness (QED) is 0.888. The van der Waals surface area contributed by atoms with Crippen LogP contribution in [0, 0.1) is 0 Å². The lowest BCUT2D eigenvalue weighted by atomic mass is 10.2. The molecule has 2 N–H and O–H groups in total. The van der Waals surface area contributed by atoms with Crippen molar-refractivity contribution < 1.29 is 0 Å². The SMILES string of the molecule is CN(C)C(CNc1cn[nH]c(=O)c1Cl)c1cccs1. The lowest BCUT2D eigenvalue weighted by Crippen LogP contribution is -2.26. The minimum Gasteiger partial charge on any atom is -0.380 e. The second-order valence-corrected chi connectivity index (χ2v) is 5.66. The Morgan fingerprint density at radius 3 is 3.00 bits per heavy atom. The van der Waals surface area contributed by atoms with Gasteiger partial charge in [-0.05, 0) is 25.5 Å². The molecule has 0 aliphatic rings. The van der Waals surface area contributed by atoms with Gasteiger partial charge in [0.05, 0.1) is 17.9 Å². The van der Waals surface area contributed by atoms with Gasteiger partial charge in [0.25, 0.3) is 5.56 Å². The van der Waals surface area contributed by atoms with E-state index in [2.05, 4.69) is 26.5 Å². The number of nitrogens with one attached hydrogen (secondary N) is 2. The Balaban J connectivity index is 2.12. The van der Waals surface area contributed by atoms with Crippen LogP contribution in [-0.4, -0.2) is 35.7 Å². The van der Waals surface area contributed by atoms with Gasteiger partial charge in [-0.15, -0.1) is 11.3 Å². The molecule has 0 aromatic carbocycles. The van der Waals surface area contributed by atoms with E-state index in [1.807, 2.05) is 25.5 Å². The highest BCUT2D eigenvalue weighted by Gasteiger charge is 2.15. The maximum Gasteiger partial charge on any atom is 0.285 e. The van der Waals surface area contributed by atoms with Crippen LogP contribution in [0.3, 0.4) is 0 Å². The highest BCUT2D eigenvalue weighted by Crippen LogP contribution is 2.24. The molecule has 1 atom stereocenters. The minimum absolute atomic E-state index is 0.138. The first-order valence-corrected chi connectivity index (χ1v) is 7.02. The zero-order chi connectivity index (χ0) is 13.8. The molecule has 0 fully saturated rings. The zero-order valence-electron chi connectivity index (χ0n) is 10.7. The van der Waals surface area contributed by atoms with Crippen LogP contribution in [0.25, 0.3) is 0 Å². The summed E-state index contributed by atoms with van der Waals surface area (Å²) in [5.41, 5.74) is 0.165. The van der Waals surface area contributed by atoms with Crippen molar-refractivity contribution in [1.82, 2.24) is 15.1 Å². The molecule has 0 aliphatic heterocycles. The molecule has 102 valence electrons. The Morgan fingerprint density at radius 2 is 2.37 bits per heavy atom. The number of anilines is 1. The molecule has 2 rings (SSSR count). The summed E-state index contributed by atoms with van der Waals surface area (Å²) in [5, 5.41) is 11.4. The molecule has 0 saturated carbocycles. The molecule has 7 heteroatoms. The van der Waals surface area contributed by atoms with E-state index in [9.17, 15) is 4.79 Å². The largest absolute Gasteiger partial charge is 0.380 e. The van der Waals surface area contributed by atoms with E-state index in [1.54, 1.807) is 11.3 Å². The maximum atomic E-state index is 11.3. The summed E-state index contributed by atoms with van der Waals surface area (Å²) in [6, 6.07) is 4.34. The predicted molar refractivity (Wildman–Crippen MR) is 79.1 cm³/mol. The van der Waals surface area contributed by atoms with Gasteiger partial charge in [0, 0.05) is 11.4 Å². The van der Waals surface area contributed by atoms with Crippen molar-refractivity contribution >= 4 is 28.6 Å². The molecule has 2 heterocycles. The first-order valence-electron chi connectivity index (χ1n) is 5.76. The van der Waals surface area contributed by atoms with E-state index in [0.717, 1.165) is 0 Å². The van der Waals surface area contributed by atoms with Gasteiger partial charge >= 0.3 is 0 Å². The van der Waals surface area contributed by atoms with Crippen LogP contribution in [0.2, 0.25) is 5.02 Å². The summed E-state index contributed by atoms with van der Waals surface area (Å²) >= 11 is 7.63. The third-order valence-corrected chi connectivity index (χ3v) is 4.13. The second kappa shape index (κ2) is 6.18. The van der Waals surface area contributed by atoms with Gasteiger partial charge in [0.15, 0.2) is 0 Å². The summed E-state index contributed by atoms with van der Waals surface area (Å²) < 4.78 is 0. The standard InChI is InChI=1S/C12H15ClN4OS/c1-17(2)9(10-4-3-5-19-10)7-14-8-6-15-16-12(18)11(8)13/h3-6,9H,7H2,1-2H3,(H2,14,16,18). The van der Waals surface area contributed by atoms with Gasteiger partial charge in [-0.25, -0.2) is 5.10 Å². The first kappa shape index (κ1) is 14.0. The van der Waals surface area contributed by atoms with Gasteiger partial charge < -0.3 is 10.2 Å². The van der Waals surface area contributed by atoms with Crippen LogP contribution in [0.1, 0.15) is 10.9 Å². The normalized spacial score (nSPS) is 12.6. The van der Waals surface area contributed by atoms with Gasteiger partial charge in [-0.1, -0.05) is 17.7 Å². The van der Waals surface area contributed by atoms with Crippen molar-refractivity contribution in [3.8, 4) is 0 Å². The van der Waals surface area contributed by atoms with Crippen LogP contribution in [0.5, 0.6) is 0 Å². The van der Waals surface area contributed by atoms with E-state index in [4.69, 9.17) is 11.6 Å². The smallest absolute Gasteiger partial charge is 0.285 e. The number of halogens is 1. The Bertz CT molecular complexity index is 582. The number of aromatic amines is 1. The lowest BCUT2D eigenvalue weighted by Gasteiger charge is -2.24. The topological polar surface area (TPSA) is 61.0 Å². The van der Waals surface area contributed by atoms with Crippen molar-refractivity contribution in [1.29, 1.82) is 0 Å². The monoisotopic (exact) mass is 298 g/mol. The van der Waals surface area contributed by atoms with Gasteiger partial charge in [0.2, 0.25) is 0 Å². The third-order valence-electron chi connectivity index (χ3n) is 2.78. The summed E-state index contributed by atoms with van der Waals surface area (Å²) in [5.74, 6) is 0. The number of likely N-dealkylation sites (N-methyl/N-ethyl adjacent to an activating group) is 1. The molecule has 2 aromatic rings. The van der Waals surface area contributed by atoms with E-state index < -0.39 is 0 Å². The number of H-pyrrole nitrogens is 1. The van der Waals surface area contributed by atoms with Crippen LogP contribution in [0.4, 0.5) is 5.69 Å². The van der Waals surface area contributed by atoms with Gasteiger partial charge in [-0.2, -0.15) is 5.10 Å². The number of thiophene rings is 1. The molecular formula is C12H15ClN4OS. The van der Waals surface area contributed by atoms with Crippen molar-refractivity contribution in [3.05, 3.63) is 44.0 Å². The molecule has 0 saturated heterocycles. The Labute approximate surface area is 120 Å². The Hall–Kier alpha value is -1.37. The fourth-order valence-corrected chi connectivity index (χ4v) is 2.81. The number of rotatable bonds is 5. The number of hydrogen-bond acceptors (Lipinski definition) is 5. The first-order chi connectivity index (χ1) is 9.09. The summed E-state index contributed by atoms with van der Waals surface area (Å²) in [6.45, 7) is 0.651. The van der Waals surface area contributed by atoms with Gasteiger partial charge in [0.1, 0.15) is 5.02 Å². The minimum atomic E-state index is -0.385. The highest BCUT2D eigenvalue weighted by molar-refractivity contribution is 7.10. The van der Waals surface area contributed by atoms with E-state index in [1.165, 1.54) is 11.1 Å². The zero-order valence-corrected chi connectivity index (χ0v) is 12.3. The average molecular weight is 299 g/mol. The van der Waals surface area contributed by atoms with Crippen LogP contribution < -0.4 is 10.9 Å². The molecule has 5 nitrogen and oxygen atoms in total. The molecule has 0 radical (unpaired) electrons. The number of hydrogen-bond donors (Lipinski definition) is 2. The number of aromatic nitrogens is 2. The van der Waals surface area contributed by atoms with Crippen molar-refractivity contribution in [2.24, 2.45) is 0 Å². The molecule has 1 unspecified atom stereocenters. The summed E-state index contributed by atoms with van der Waals surface area (Å²) in [7, 11) is 4.04. The molecule has 2 aromatic heterocycles. The van der Waals surface area contributed by atoms with Crippen LogP contribution in [-0.2, 0) is 0 Å². The predicted octanol–water partition coefficient (Wildman–Crippen LogP) is 2.20. The Morgan fingerprint density at radius 1 is 1.58 bits per heavy atom. The molecule has 0 spiro atoms. The maximum absolute atomic E-state index is 11.3.